The molecule has 0 heterocycles. The van der Waals surface area contributed by atoms with Crippen LogP contribution >= 0.6 is 0 Å². The van der Waals surface area contributed by atoms with E-state index in [0.717, 1.165) is 24.9 Å². The lowest BCUT2D eigenvalue weighted by Crippen LogP contribution is -2.43. The molecule has 0 spiro atoms. The average Bonchev–Trinajstić information content (AvgIpc) is 2.26. The monoisotopic (exact) mass is 251 g/mol. The van der Waals surface area contributed by atoms with E-state index in [1.165, 1.54) is 6.07 Å². The highest BCUT2D eigenvalue weighted by atomic mass is 19.1. The van der Waals surface area contributed by atoms with Gasteiger partial charge in [0.05, 0.1) is 0 Å². The Bertz CT molecular complexity index is 381. The van der Waals surface area contributed by atoms with Crippen molar-refractivity contribution in [2.75, 3.05) is 6.54 Å². The van der Waals surface area contributed by atoms with Gasteiger partial charge in [-0.05, 0) is 56.7 Å². The lowest BCUT2D eigenvalue weighted by atomic mass is 9.80. The normalized spacial score (nSPS) is 15.4. The van der Waals surface area contributed by atoms with Crippen LogP contribution in [0.4, 0.5) is 4.39 Å². The lowest BCUT2D eigenvalue weighted by molar-refractivity contribution is 0.254. The van der Waals surface area contributed by atoms with E-state index in [2.05, 4.69) is 39.9 Å². The molecule has 1 nitrogen and oxygen atoms in total. The third-order valence-corrected chi connectivity index (χ3v) is 3.42. The highest BCUT2D eigenvalue weighted by Crippen LogP contribution is 2.26. The molecule has 1 aromatic carbocycles. The second-order valence-corrected chi connectivity index (χ2v) is 6.57. The summed E-state index contributed by atoms with van der Waals surface area (Å²) in [4.78, 5) is 0. The molecule has 0 aliphatic heterocycles. The van der Waals surface area contributed by atoms with Gasteiger partial charge >= 0.3 is 0 Å². The largest absolute Gasteiger partial charge is 0.312 e. The zero-order valence-electron chi connectivity index (χ0n) is 12.3. The van der Waals surface area contributed by atoms with Crippen LogP contribution in [0.1, 0.15) is 46.6 Å². The summed E-state index contributed by atoms with van der Waals surface area (Å²) in [6.45, 7) is 11.9. The summed E-state index contributed by atoms with van der Waals surface area (Å²) in [6, 6.07) is 6.94. The molecule has 0 saturated carbocycles. The number of benzene rings is 1. The molecule has 0 bridgehead atoms. The first-order valence-corrected chi connectivity index (χ1v) is 6.74. The Morgan fingerprint density at radius 3 is 2.33 bits per heavy atom. The highest BCUT2D eigenvalue weighted by Gasteiger charge is 2.24. The van der Waals surface area contributed by atoms with Crippen molar-refractivity contribution in [1.29, 1.82) is 0 Å². The third kappa shape index (κ3) is 5.18. The van der Waals surface area contributed by atoms with Gasteiger partial charge in [-0.15, -0.1) is 0 Å². The zero-order valence-corrected chi connectivity index (χ0v) is 12.3. The van der Waals surface area contributed by atoms with E-state index in [4.69, 9.17) is 0 Å². The van der Waals surface area contributed by atoms with Crippen molar-refractivity contribution in [2.24, 2.45) is 5.41 Å². The quantitative estimate of drug-likeness (QED) is 0.828. The van der Waals surface area contributed by atoms with Crippen molar-refractivity contribution in [1.82, 2.24) is 5.32 Å². The molecule has 0 radical (unpaired) electrons. The third-order valence-electron chi connectivity index (χ3n) is 3.42. The van der Waals surface area contributed by atoms with E-state index in [1.807, 2.05) is 6.07 Å². The summed E-state index contributed by atoms with van der Waals surface area (Å²) in [5, 5.41) is 3.55. The van der Waals surface area contributed by atoms with Crippen LogP contribution in [0.15, 0.2) is 24.3 Å². The van der Waals surface area contributed by atoms with Crippen LogP contribution in [0.3, 0.4) is 0 Å². The number of hydrogen-bond donors (Lipinski definition) is 1. The first-order chi connectivity index (χ1) is 8.24. The first kappa shape index (κ1) is 15.2. The summed E-state index contributed by atoms with van der Waals surface area (Å²) < 4.78 is 13.2. The predicted octanol–water partition coefficient (Wildman–Crippen LogP) is 4.17. The van der Waals surface area contributed by atoms with Gasteiger partial charge in [0.25, 0.3) is 0 Å². The summed E-state index contributed by atoms with van der Waals surface area (Å²) >= 11 is 0. The second-order valence-electron chi connectivity index (χ2n) is 6.57. The number of halogens is 1. The molecule has 0 saturated heterocycles. The molecule has 1 rings (SSSR count). The molecule has 1 unspecified atom stereocenters. The second kappa shape index (κ2) is 5.83. The lowest BCUT2D eigenvalue weighted by Gasteiger charge is -2.33. The van der Waals surface area contributed by atoms with Crippen molar-refractivity contribution in [2.45, 2.75) is 53.0 Å². The van der Waals surface area contributed by atoms with Gasteiger partial charge in [0, 0.05) is 12.1 Å². The number of hydrogen-bond acceptors (Lipinski definition) is 1. The number of nitrogens with one attached hydrogen (secondary N) is 1. The minimum atomic E-state index is -0.144. The maximum atomic E-state index is 13.2. The zero-order chi connectivity index (χ0) is 13.8. The Morgan fingerprint density at radius 1 is 1.17 bits per heavy atom. The molecule has 0 aromatic heterocycles. The highest BCUT2D eigenvalue weighted by molar-refractivity contribution is 5.18. The van der Waals surface area contributed by atoms with Gasteiger partial charge in [-0.1, -0.05) is 26.0 Å². The van der Waals surface area contributed by atoms with Crippen molar-refractivity contribution in [3.05, 3.63) is 35.6 Å². The van der Waals surface area contributed by atoms with E-state index < -0.39 is 0 Å². The van der Waals surface area contributed by atoms with E-state index in [1.54, 1.807) is 12.1 Å². The number of rotatable bonds is 5. The Balaban J connectivity index is 2.70. The first-order valence-electron chi connectivity index (χ1n) is 6.74. The molecule has 0 aliphatic rings. The molecule has 1 N–H and O–H groups in total. The van der Waals surface area contributed by atoms with Crippen LogP contribution < -0.4 is 5.32 Å². The molecule has 0 aliphatic carbocycles. The Hall–Kier alpha value is -0.890. The van der Waals surface area contributed by atoms with Crippen molar-refractivity contribution < 1.29 is 4.39 Å². The minimum absolute atomic E-state index is 0.123. The molecular weight excluding hydrogens is 225 g/mol. The van der Waals surface area contributed by atoms with Gasteiger partial charge in [0.2, 0.25) is 0 Å². The molecule has 18 heavy (non-hydrogen) atoms. The summed E-state index contributed by atoms with van der Waals surface area (Å²) in [5.74, 6) is -0.144. The fourth-order valence-corrected chi connectivity index (χ4v) is 1.93. The van der Waals surface area contributed by atoms with Crippen LogP contribution in [0.25, 0.3) is 0 Å². The molecule has 1 aromatic rings. The van der Waals surface area contributed by atoms with Gasteiger partial charge in [0.15, 0.2) is 0 Å². The van der Waals surface area contributed by atoms with Crippen LogP contribution in [-0.4, -0.2) is 12.1 Å². The van der Waals surface area contributed by atoms with E-state index in [9.17, 15) is 4.39 Å². The van der Waals surface area contributed by atoms with Crippen molar-refractivity contribution >= 4 is 0 Å². The van der Waals surface area contributed by atoms with Crippen LogP contribution in [0, 0.1) is 11.2 Å². The fraction of sp³-hybridized carbons (Fsp3) is 0.625. The topological polar surface area (TPSA) is 12.0 Å². The fourth-order valence-electron chi connectivity index (χ4n) is 1.93. The van der Waals surface area contributed by atoms with Crippen molar-refractivity contribution in [3.63, 3.8) is 0 Å². The van der Waals surface area contributed by atoms with Gasteiger partial charge in [-0.25, -0.2) is 4.39 Å². The van der Waals surface area contributed by atoms with Gasteiger partial charge in [-0.3, -0.25) is 0 Å². The van der Waals surface area contributed by atoms with E-state index in [-0.39, 0.29) is 16.8 Å². The summed E-state index contributed by atoms with van der Waals surface area (Å²) in [6.07, 6.45) is 1.98. The van der Waals surface area contributed by atoms with Gasteiger partial charge in [-0.2, -0.15) is 0 Å². The van der Waals surface area contributed by atoms with Gasteiger partial charge < -0.3 is 5.32 Å². The van der Waals surface area contributed by atoms with Crippen LogP contribution in [0.2, 0.25) is 0 Å². The smallest absolute Gasteiger partial charge is 0.123 e. The van der Waals surface area contributed by atoms with Crippen LogP contribution in [-0.2, 0) is 6.42 Å². The Labute approximate surface area is 111 Å². The van der Waals surface area contributed by atoms with Crippen LogP contribution in [0.5, 0.6) is 0 Å². The summed E-state index contributed by atoms with van der Waals surface area (Å²) in [5.41, 5.74) is 1.37. The molecule has 0 amide bonds. The SMILES string of the molecule is CCC(C)(CNC(C)(C)C)Cc1cccc(F)c1. The Morgan fingerprint density at radius 2 is 1.83 bits per heavy atom. The van der Waals surface area contributed by atoms with E-state index in [0.29, 0.717) is 0 Å². The molecule has 102 valence electrons. The maximum Gasteiger partial charge on any atom is 0.123 e. The molecule has 1 atom stereocenters. The molecule has 2 heteroatoms. The minimum Gasteiger partial charge on any atom is -0.312 e. The maximum absolute atomic E-state index is 13.2. The molecule has 0 fully saturated rings. The standard InChI is InChI=1S/C16H26FN/c1-6-16(5,12-18-15(2,3)4)11-13-8-7-9-14(17)10-13/h7-10,18H,6,11-12H2,1-5H3. The predicted molar refractivity (Wildman–Crippen MR) is 76.3 cm³/mol. The Kier molecular flexibility index (Phi) is 4.92. The molecular formula is C16H26FN. The summed E-state index contributed by atoms with van der Waals surface area (Å²) in [7, 11) is 0. The van der Waals surface area contributed by atoms with Crippen molar-refractivity contribution in [3.8, 4) is 0 Å². The average molecular weight is 251 g/mol. The van der Waals surface area contributed by atoms with Gasteiger partial charge in [0.1, 0.15) is 5.82 Å². The van der Waals surface area contributed by atoms with E-state index >= 15 is 0 Å².